The SMILES string of the molecule is Cl.O=C(c1cc(C(F)(F)F)cc(C(F)(F)F)c1)N1CCC2(CC1)C(=O)N(CCN1CCCC1)CN2Cc1ccccc1. The van der Waals surface area contributed by atoms with Crippen LogP contribution < -0.4 is 0 Å². The third kappa shape index (κ3) is 6.70. The van der Waals surface area contributed by atoms with Crippen LogP contribution in [0.15, 0.2) is 48.5 Å². The minimum absolute atomic E-state index is 0. The van der Waals surface area contributed by atoms with E-state index in [-0.39, 0.29) is 50.3 Å². The quantitative estimate of drug-likeness (QED) is 0.400. The lowest BCUT2D eigenvalue weighted by molar-refractivity contribution is -0.143. The molecule has 0 unspecified atom stereocenters. The van der Waals surface area contributed by atoms with Gasteiger partial charge in [-0.3, -0.25) is 14.5 Å². The topological polar surface area (TPSA) is 47.1 Å². The van der Waals surface area contributed by atoms with Crippen LogP contribution in [0.25, 0.3) is 0 Å². The van der Waals surface area contributed by atoms with E-state index in [0.29, 0.717) is 31.9 Å². The zero-order valence-corrected chi connectivity index (χ0v) is 23.7. The summed E-state index contributed by atoms with van der Waals surface area (Å²) >= 11 is 0. The molecule has 1 spiro atoms. The van der Waals surface area contributed by atoms with Crippen LogP contribution >= 0.6 is 12.4 Å². The Hall–Kier alpha value is -2.83. The largest absolute Gasteiger partial charge is 0.416 e. The van der Waals surface area contributed by atoms with Crippen LogP contribution in [0, 0.1) is 0 Å². The lowest BCUT2D eigenvalue weighted by atomic mass is 9.85. The summed E-state index contributed by atoms with van der Waals surface area (Å²) in [5.74, 6) is -0.958. The molecule has 3 fully saturated rings. The van der Waals surface area contributed by atoms with E-state index >= 15 is 0 Å². The van der Waals surface area contributed by atoms with Gasteiger partial charge in [0, 0.05) is 38.3 Å². The molecule has 0 aliphatic carbocycles. The van der Waals surface area contributed by atoms with Gasteiger partial charge in [-0.25, -0.2) is 0 Å². The van der Waals surface area contributed by atoms with Gasteiger partial charge in [-0.1, -0.05) is 30.3 Å². The lowest BCUT2D eigenvalue weighted by Crippen LogP contribution is -2.57. The molecule has 3 aliphatic heterocycles. The van der Waals surface area contributed by atoms with Gasteiger partial charge < -0.3 is 14.7 Å². The van der Waals surface area contributed by atoms with Crippen LogP contribution in [0.3, 0.4) is 0 Å². The standard InChI is InChI=1S/C29H32F6N4O2.ClH/c30-28(31,32)23-16-22(17-24(18-23)29(33,34)35)25(40)37-12-8-27(9-13-37)26(41)38(15-14-36-10-4-5-11-36)20-39(27)19-21-6-2-1-3-7-21;/h1-3,6-7,16-18H,4-5,8-15,19-20H2;1H. The van der Waals surface area contributed by atoms with Gasteiger partial charge in [-0.15, -0.1) is 12.4 Å². The number of halogens is 7. The molecule has 0 N–H and O–H groups in total. The third-order valence-electron chi connectivity index (χ3n) is 8.45. The van der Waals surface area contributed by atoms with E-state index in [0.717, 1.165) is 38.0 Å². The van der Waals surface area contributed by atoms with E-state index in [1.165, 1.54) is 4.90 Å². The Labute approximate surface area is 246 Å². The van der Waals surface area contributed by atoms with Crippen LogP contribution in [0.2, 0.25) is 0 Å². The first-order chi connectivity index (χ1) is 19.4. The highest BCUT2D eigenvalue weighted by Crippen LogP contribution is 2.39. The van der Waals surface area contributed by atoms with Gasteiger partial charge >= 0.3 is 12.4 Å². The number of carbonyl (C=O) groups excluding carboxylic acids is 2. The number of amides is 2. The molecule has 6 nitrogen and oxygen atoms in total. The maximum Gasteiger partial charge on any atom is 0.416 e. The minimum atomic E-state index is -5.05. The van der Waals surface area contributed by atoms with Crippen molar-refractivity contribution in [1.29, 1.82) is 0 Å². The minimum Gasteiger partial charge on any atom is -0.338 e. The van der Waals surface area contributed by atoms with E-state index in [4.69, 9.17) is 0 Å². The molecule has 0 saturated carbocycles. The van der Waals surface area contributed by atoms with Crippen molar-refractivity contribution in [2.45, 2.75) is 50.1 Å². The maximum atomic E-state index is 13.9. The van der Waals surface area contributed by atoms with Crippen molar-refractivity contribution in [2.24, 2.45) is 0 Å². The van der Waals surface area contributed by atoms with Crippen molar-refractivity contribution in [2.75, 3.05) is 45.9 Å². The number of nitrogens with zero attached hydrogens (tertiary/aromatic N) is 4. The summed E-state index contributed by atoms with van der Waals surface area (Å²) in [6.07, 6.45) is -7.36. The number of hydrogen-bond acceptors (Lipinski definition) is 4. The monoisotopic (exact) mass is 618 g/mol. The molecular weight excluding hydrogens is 586 g/mol. The number of hydrogen-bond donors (Lipinski definition) is 0. The van der Waals surface area contributed by atoms with E-state index in [1.54, 1.807) is 0 Å². The number of likely N-dealkylation sites (tertiary alicyclic amines) is 2. The molecule has 3 heterocycles. The predicted molar refractivity (Wildman–Crippen MR) is 146 cm³/mol. The van der Waals surface area contributed by atoms with Crippen molar-refractivity contribution in [3.8, 4) is 0 Å². The number of carbonyl (C=O) groups is 2. The van der Waals surface area contributed by atoms with E-state index in [9.17, 15) is 35.9 Å². The van der Waals surface area contributed by atoms with Gasteiger partial charge in [-0.05, 0) is 62.5 Å². The third-order valence-corrected chi connectivity index (χ3v) is 8.45. The Balaban J connectivity index is 0.00000405. The summed E-state index contributed by atoms with van der Waals surface area (Å²) in [5, 5.41) is 0. The van der Waals surface area contributed by atoms with Crippen LogP contribution in [0.4, 0.5) is 26.3 Å². The molecule has 3 aliphatic rings. The molecule has 2 aromatic carbocycles. The molecule has 0 atom stereocenters. The smallest absolute Gasteiger partial charge is 0.338 e. The molecule has 0 radical (unpaired) electrons. The molecule has 0 aromatic heterocycles. The molecular formula is C29H33ClF6N4O2. The second-order valence-corrected chi connectivity index (χ2v) is 11.1. The normalized spacial score (nSPS) is 19.9. The highest BCUT2D eigenvalue weighted by molar-refractivity contribution is 5.95. The van der Waals surface area contributed by atoms with Gasteiger partial charge in [0.15, 0.2) is 0 Å². The van der Waals surface area contributed by atoms with Gasteiger partial charge in [0.05, 0.1) is 17.8 Å². The fourth-order valence-electron chi connectivity index (χ4n) is 6.15. The van der Waals surface area contributed by atoms with E-state index < -0.39 is 40.5 Å². The number of piperidine rings is 1. The summed E-state index contributed by atoms with van der Waals surface area (Å²) in [4.78, 5) is 34.6. The zero-order valence-electron chi connectivity index (χ0n) is 22.9. The molecule has 0 bridgehead atoms. The van der Waals surface area contributed by atoms with Gasteiger partial charge in [-0.2, -0.15) is 26.3 Å². The number of rotatable bonds is 6. The predicted octanol–water partition coefficient (Wildman–Crippen LogP) is 5.52. The molecule has 230 valence electrons. The van der Waals surface area contributed by atoms with E-state index in [2.05, 4.69) is 9.80 Å². The Bertz CT molecular complexity index is 1230. The van der Waals surface area contributed by atoms with Crippen LogP contribution in [0.5, 0.6) is 0 Å². The van der Waals surface area contributed by atoms with Crippen LogP contribution in [-0.4, -0.2) is 82.9 Å². The second kappa shape index (κ2) is 12.4. The van der Waals surface area contributed by atoms with Gasteiger partial charge in [0.1, 0.15) is 5.54 Å². The fourth-order valence-corrected chi connectivity index (χ4v) is 6.15. The fraction of sp³-hybridized carbons (Fsp3) is 0.517. The number of alkyl halides is 6. The first-order valence-corrected chi connectivity index (χ1v) is 13.8. The average molecular weight is 619 g/mol. The molecule has 42 heavy (non-hydrogen) atoms. The van der Waals surface area contributed by atoms with E-state index in [1.807, 2.05) is 35.2 Å². The first kappa shape index (κ1) is 32.1. The Morgan fingerprint density at radius 1 is 0.810 bits per heavy atom. The van der Waals surface area contributed by atoms with Crippen molar-refractivity contribution in [3.05, 3.63) is 70.8 Å². The Morgan fingerprint density at radius 3 is 1.93 bits per heavy atom. The Morgan fingerprint density at radius 2 is 1.38 bits per heavy atom. The Kier molecular flexibility index (Phi) is 9.49. The van der Waals surface area contributed by atoms with Crippen molar-refractivity contribution in [3.63, 3.8) is 0 Å². The van der Waals surface area contributed by atoms with Gasteiger partial charge in [0.2, 0.25) is 5.91 Å². The van der Waals surface area contributed by atoms with Crippen molar-refractivity contribution in [1.82, 2.24) is 19.6 Å². The number of benzene rings is 2. The zero-order chi connectivity index (χ0) is 29.4. The molecule has 2 amide bonds. The highest BCUT2D eigenvalue weighted by atomic mass is 35.5. The van der Waals surface area contributed by atoms with Crippen molar-refractivity contribution >= 4 is 24.2 Å². The molecule has 2 aromatic rings. The molecule has 13 heteroatoms. The molecule has 5 rings (SSSR count). The highest BCUT2D eigenvalue weighted by Gasteiger charge is 2.53. The van der Waals surface area contributed by atoms with Crippen molar-refractivity contribution < 1.29 is 35.9 Å². The summed E-state index contributed by atoms with van der Waals surface area (Å²) in [6.45, 7) is 4.33. The molecule has 3 saturated heterocycles. The summed E-state index contributed by atoms with van der Waals surface area (Å²) < 4.78 is 80.2. The maximum absolute atomic E-state index is 13.9. The van der Waals surface area contributed by atoms with Gasteiger partial charge in [0.25, 0.3) is 5.91 Å². The summed E-state index contributed by atoms with van der Waals surface area (Å²) in [7, 11) is 0. The average Bonchev–Trinajstić information content (AvgIpc) is 3.54. The van der Waals surface area contributed by atoms with Crippen LogP contribution in [0.1, 0.15) is 52.7 Å². The van der Waals surface area contributed by atoms with Crippen LogP contribution in [-0.2, 0) is 23.7 Å². The lowest BCUT2D eigenvalue weighted by Gasteiger charge is -2.42. The second-order valence-electron chi connectivity index (χ2n) is 11.1. The first-order valence-electron chi connectivity index (χ1n) is 13.8. The summed E-state index contributed by atoms with van der Waals surface area (Å²) in [5.41, 5.74) is -3.61. The summed E-state index contributed by atoms with van der Waals surface area (Å²) in [6, 6.07) is 10.6.